The van der Waals surface area contributed by atoms with E-state index in [0.29, 0.717) is 12.8 Å². The van der Waals surface area contributed by atoms with Gasteiger partial charge in [0.2, 0.25) is 5.91 Å². The summed E-state index contributed by atoms with van der Waals surface area (Å²) in [5.41, 5.74) is 0. The zero-order chi connectivity index (χ0) is 12.4. The molecule has 0 bridgehead atoms. The Balaban J connectivity index is 3.70. The molecule has 0 aromatic carbocycles. The van der Waals surface area contributed by atoms with E-state index in [1.807, 2.05) is 6.92 Å². The molecular formula is C12H23NO3. The van der Waals surface area contributed by atoms with Crippen LogP contribution in [0, 0.1) is 0 Å². The van der Waals surface area contributed by atoms with Gasteiger partial charge in [0.25, 0.3) is 0 Å². The third-order valence-electron chi connectivity index (χ3n) is 2.54. The van der Waals surface area contributed by atoms with E-state index in [9.17, 15) is 9.59 Å². The third-order valence-corrected chi connectivity index (χ3v) is 2.54. The molecule has 0 aromatic rings. The van der Waals surface area contributed by atoms with Crippen LogP contribution in [0.1, 0.15) is 58.8 Å². The highest BCUT2D eigenvalue weighted by Gasteiger charge is 2.13. The number of carbonyl (C=O) groups excluding carboxylic acids is 1. The van der Waals surface area contributed by atoms with Gasteiger partial charge in [-0.2, -0.15) is 0 Å². The minimum atomic E-state index is -0.863. The normalized spacial score (nSPS) is 12.1. The molecule has 94 valence electrons. The maximum Gasteiger partial charge on any atom is 0.305 e. The Morgan fingerprint density at radius 2 is 1.88 bits per heavy atom. The second-order valence-electron chi connectivity index (χ2n) is 4.08. The summed E-state index contributed by atoms with van der Waals surface area (Å²) in [6, 6.07) is -0.226. The fraction of sp³-hybridized carbons (Fsp3) is 0.833. The Morgan fingerprint density at radius 3 is 2.38 bits per heavy atom. The molecule has 4 heteroatoms. The Labute approximate surface area is 97.4 Å². The van der Waals surface area contributed by atoms with Gasteiger partial charge in [-0.3, -0.25) is 9.59 Å². The van der Waals surface area contributed by atoms with E-state index in [4.69, 9.17) is 5.11 Å². The van der Waals surface area contributed by atoms with Crippen molar-refractivity contribution in [1.82, 2.24) is 5.32 Å². The van der Waals surface area contributed by atoms with Crippen molar-refractivity contribution in [2.75, 3.05) is 0 Å². The second-order valence-corrected chi connectivity index (χ2v) is 4.08. The molecule has 0 spiro atoms. The largest absolute Gasteiger partial charge is 0.481 e. The number of unbranched alkanes of at least 4 members (excludes halogenated alkanes) is 3. The Hall–Kier alpha value is -1.06. The van der Waals surface area contributed by atoms with Gasteiger partial charge >= 0.3 is 5.97 Å². The molecule has 0 saturated carbocycles. The number of aliphatic carboxylic acids is 1. The van der Waals surface area contributed by atoms with Crippen molar-refractivity contribution in [2.45, 2.75) is 64.8 Å². The van der Waals surface area contributed by atoms with Crippen molar-refractivity contribution in [3.63, 3.8) is 0 Å². The molecule has 1 amide bonds. The van der Waals surface area contributed by atoms with E-state index in [-0.39, 0.29) is 18.4 Å². The van der Waals surface area contributed by atoms with Gasteiger partial charge in [-0.25, -0.2) is 0 Å². The van der Waals surface area contributed by atoms with Crippen LogP contribution in [0.15, 0.2) is 0 Å². The zero-order valence-electron chi connectivity index (χ0n) is 10.3. The predicted octanol–water partition coefficient (Wildman–Crippen LogP) is 2.33. The molecule has 0 fully saturated rings. The van der Waals surface area contributed by atoms with Crippen LogP contribution in [0.2, 0.25) is 0 Å². The first-order valence-electron chi connectivity index (χ1n) is 6.11. The molecule has 2 N–H and O–H groups in total. The molecule has 0 rings (SSSR count). The molecule has 1 unspecified atom stereocenters. The van der Waals surface area contributed by atoms with Crippen molar-refractivity contribution in [3.05, 3.63) is 0 Å². The van der Waals surface area contributed by atoms with E-state index in [0.717, 1.165) is 25.7 Å². The van der Waals surface area contributed by atoms with Crippen LogP contribution < -0.4 is 5.32 Å². The van der Waals surface area contributed by atoms with Crippen molar-refractivity contribution in [3.8, 4) is 0 Å². The van der Waals surface area contributed by atoms with Crippen molar-refractivity contribution in [2.24, 2.45) is 0 Å². The number of carbonyl (C=O) groups is 2. The predicted molar refractivity (Wildman–Crippen MR) is 63.2 cm³/mol. The van der Waals surface area contributed by atoms with Crippen LogP contribution in [0.25, 0.3) is 0 Å². The summed E-state index contributed by atoms with van der Waals surface area (Å²) >= 11 is 0. The molecule has 0 heterocycles. The van der Waals surface area contributed by atoms with Crippen LogP contribution in [-0.2, 0) is 9.59 Å². The smallest absolute Gasteiger partial charge is 0.305 e. The quantitative estimate of drug-likeness (QED) is 0.596. The minimum Gasteiger partial charge on any atom is -0.481 e. The molecule has 1 atom stereocenters. The average Bonchev–Trinajstić information content (AvgIpc) is 2.23. The van der Waals surface area contributed by atoms with Gasteiger partial charge in [-0.1, -0.05) is 33.1 Å². The monoisotopic (exact) mass is 229 g/mol. The van der Waals surface area contributed by atoms with E-state index in [1.54, 1.807) is 0 Å². The topological polar surface area (TPSA) is 66.4 Å². The lowest BCUT2D eigenvalue weighted by molar-refractivity contribution is -0.137. The maximum absolute atomic E-state index is 11.5. The highest BCUT2D eigenvalue weighted by Crippen LogP contribution is 2.04. The first kappa shape index (κ1) is 14.9. The lowest BCUT2D eigenvalue weighted by Crippen LogP contribution is -2.35. The minimum absolute atomic E-state index is 0.0111. The highest BCUT2D eigenvalue weighted by atomic mass is 16.4. The zero-order valence-corrected chi connectivity index (χ0v) is 10.3. The van der Waals surface area contributed by atoms with Gasteiger partial charge < -0.3 is 10.4 Å². The fourth-order valence-corrected chi connectivity index (χ4v) is 1.52. The fourth-order valence-electron chi connectivity index (χ4n) is 1.52. The van der Waals surface area contributed by atoms with E-state index < -0.39 is 5.97 Å². The molecule has 0 aliphatic heterocycles. The van der Waals surface area contributed by atoms with E-state index >= 15 is 0 Å². The van der Waals surface area contributed by atoms with Gasteiger partial charge in [0.15, 0.2) is 0 Å². The van der Waals surface area contributed by atoms with E-state index in [2.05, 4.69) is 12.2 Å². The van der Waals surface area contributed by atoms with Crippen molar-refractivity contribution in [1.29, 1.82) is 0 Å². The van der Waals surface area contributed by atoms with Crippen molar-refractivity contribution >= 4 is 11.9 Å². The molecule has 0 saturated heterocycles. The number of hydrogen-bond acceptors (Lipinski definition) is 2. The van der Waals surface area contributed by atoms with Crippen molar-refractivity contribution < 1.29 is 14.7 Å². The molecule has 0 aromatic heterocycles. The molecule has 4 nitrogen and oxygen atoms in total. The molecule has 0 aliphatic carbocycles. The van der Waals surface area contributed by atoms with Crippen LogP contribution in [0.3, 0.4) is 0 Å². The van der Waals surface area contributed by atoms with Crippen LogP contribution in [-0.4, -0.2) is 23.0 Å². The number of carboxylic acid groups (broad SMARTS) is 1. The highest BCUT2D eigenvalue weighted by molar-refractivity contribution is 5.77. The summed E-state index contributed by atoms with van der Waals surface area (Å²) in [7, 11) is 0. The van der Waals surface area contributed by atoms with Gasteiger partial charge in [0, 0.05) is 12.5 Å². The number of nitrogens with one attached hydrogen (secondary N) is 1. The summed E-state index contributed by atoms with van der Waals surface area (Å²) in [5, 5.41) is 11.4. The molecular weight excluding hydrogens is 206 g/mol. The number of hydrogen-bond donors (Lipinski definition) is 2. The molecule has 0 aliphatic rings. The first-order valence-corrected chi connectivity index (χ1v) is 6.11. The number of carboxylic acids is 1. The van der Waals surface area contributed by atoms with Crippen LogP contribution in [0.4, 0.5) is 0 Å². The number of rotatable bonds is 9. The summed E-state index contributed by atoms with van der Waals surface area (Å²) in [5.74, 6) is -0.887. The molecule has 0 radical (unpaired) electrons. The Bertz CT molecular complexity index is 216. The summed E-state index contributed by atoms with van der Waals surface area (Å²) < 4.78 is 0. The lowest BCUT2D eigenvalue weighted by atomic mass is 10.1. The summed E-state index contributed by atoms with van der Waals surface area (Å²) in [6.45, 7) is 4.00. The van der Waals surface area contributed by atoms with Gasteiger partial charge in [-0.15, -0.1) is 0 Å². The number of amides is 1. The average molecular weight is 229 g/mol. The Morgan fingerprint density at radius 1 is 1.19 bits per heavy atom. The van der Waals surface area contributed by atoms with Crippen LogP contribution in [0.5, 0.6) is 0 Å². The molecule has 16 heavy (non-hydrogen) atoms. The summed E-state index contributed by atoms with van der Waals surface area (Å²) in [4.78, 5) is 22.0. The Kier molecular flexibility index (Phi) is 8.58. The first-order chi connectivity index (χ1) is 7.60. The maximum atomic E-state index is 11.5. The van der Waals surface area contributed by atoms with Gasteiger partial charge in [0.05, 0.1) is 6.42 Å². The SMILES string of the molecule is CCCCCCC(=O)NC(CC)CC(=O)O. The van der Waals surface area contributed by atoms with Gasteiger partial charge in [-0.05, 0) is 12.8 Å². The standard InChI is InChI=1S/C12H23NO3/c1-3-5-6-7-8-11(14)13-10(4-2)9-12(15)16/h10H,3-9H2,1-2H3,(H,13,14)(H,15,16). The summed E-state index contributed by atoms with van der Waals surface area (Å²) in [6.07, 6.45) is 5.45. The van der Waals surface area contributed by atoms with Gasteiger partial charge in [0.1, 0.15) is 0 Å². The second kappa shape index (κ2) is 9.19. The van der Waals surface area contributed by atoms with Crippen LogP contribution >= 0.6 is 0 Å². The van der Waals surface area contributed by atoms with E-state index in [1.165, 1.54) is 0 Å². The lowest BCUT2D eigenvalue weighted by Gasteiger charge is -2.14. The third kappa shape index (κ3) is 8.26.